The normalized spacial score (nSPS) is 26.9. The lowest BCUT2D eigenvalue weighted by atomic mass is 10.1. The van der Waals surface area contributed by atoms with E-state index in [-0.39, 0.29) is 6.10 Å². The summed E-state index contributed by atoms with van der Waals surface area (Å²) in [5, 5.41) is 9.79. The molecule has 1 aliphatic rings. The Hall–Kier alpha value is -1.13. The molecule has 1 aliphatic heterocycles. The Bertz CT molecular complexity index is 381. The Morgan fingerprint density at radius 2 is 2.29 bits per heavy atom. The molecule has 1 aromatic rings. The van der Waals surface area contributed by atoms with E-state index in [9.17, 15) is 5.11 Å². The van der Waals surface area contributed by atoms with Crippen LogP contribution < -0.4 is 4.90 Å². The molecule has 0 aliphatic carbocycles. The van der Waals surface area contributed by atoms with Gasteiger partial charge in [0.1, 0.15) is 5.82 Å². The zero-order chi connectivity index (χ0) is 12.4. The van der Waals surface area contributed by atoms with Crippen molar-refractivity contribution in [2.45, 2.75) is 39.0 Å². The molecule has 3 atom stereocenters. The van der Waals surface area contributed by atoms with Gasteiger partial charge >= 0.3 is 0 Å². The lowest BCUT2D eigenvalue weighted by molar-refractivity contribution is 0.0337. The number of aliphatic hydroxyl groups is 1. The van der Waals surface area contributed by atoms with Crippen LogP contribution in [-0.2, 0) is 4.74 Å². The molecule has 0 amide bonds. The molecule has 0 spiro atoms. The van der Waals surface area contributed by atoms with E-state index in [0.717, 1.165) is 17.9 Å². The van der Waals surface area contributed by atoms with Gasteiger partial charge in [-0.1, -0.05) is 6.07 Å². The maximum Gasteiger partial charge on any atom is 0.134 e. The van der Waals surface area contributed by atoms with Crippen LogP contribution in [0.4, 0.5) is 5.82 Å². The van der Waals surface area contributed by atoms with Crippen molar-refractivity contribution in [2.75, 3.05) is 18.1 Å². The zero-order valence-electron chi connectivity index (χ0n) is 10.6. The number of anilines is 1. The van der Waals surface area contributed by atoms with Crippen LogP contribution in [0.5, 0.6) is 0 Å². The van der Waals surface area contributed by atoms with E-state index < -0.39 is 6.10 Å². The van der Waals surface area contributed by atoms with E-state index in [0.29, 0.717) is 12.6 Å². The zero-order valence-corrected chi connectivity index (χ0v) is 10.6. The first-order valence-electron chi connectivity index (χ1n) is 6.10. The minimum Gasteiger partial charge on any atom is -0.389 e. The second kappa shape index (κ2) is 5.02. The monoisotopic (exact) mass is 236 g/mol. The van der Waals surface area contributed by atoms with Gasteiger partial charge in [-0.3, -0.25) is 0 Å². The highest BCUT2D eigenvalue weighted by Gasteiger charge is 2.26. The van der Waals surface area contributed by atoms with E-state index >= 15 is 0 Å². The summed E-state index contributed by atoms with van der Waals surface area (Å²) >= 11 is 0. The van der Waals surface area contributed by atoms with E-state index in [2.05, 4.69) is 23.7 Å². The van der Waals surface area contributed by atoms with Crippen LogP contribution in [0.3, 0.4) is 0 Å². The SMILES string of the molecule is CC1CN(c2ncccc2C(C)O)C(C)CO1. The number of aliphatic hydroxyl groups excluding tert-OH is 1. The Balaban J connectivity index is 2.31. The number of nitrogens with zero attached hydrogens (tertiary/aromatic N) is 2. The van der Waals surface area contributed by atoms with Crippen LogP contribution >= 0.6 is 0 Å². The predicted octanol–water partition coefficient (Wildman–Crippen LogP) is 1.75. The first-order chi connectivity index (χ1) is 8.09. The highest BCUT2D eigenvalue weighted by Crippen LogP contribution is 2.27. The second-order valence-electron chi connectivity index (χ2n) is 4.74. The quantitative estimate of drug-likeness (QED) is 0.849. The van der Waals surface area contributed by atoms with Gasteiger partial charge in [0.2, 0.25) is 0 Å². The lowest BCUT2D eigenvalue weighted by Crippen LogP contribution is -2.48. The van der Waals surface area contributed by atoms with Gasteiger partial charge in [-0.15, -0.1) is 0 Å². The van der Waals surface area contributed by atoms with Gasteiger partial charge < -0.3 is 14.7 Å². The standard InChI is InChI=1S/C13H20N2O2/c1-9-8-17-10(2)7-15(9)13-12(11(3)16)5-4-6-14-13/h4-6,9-11,16H,7-8H2,1-3H3. The average Bonchev–Trinajstić information content (AvgIpc) is 2.32. The molecule has 1 fully saturated rings. The lowest BCUT2D eigenvalue weighted by Gasteiger charge is -2.38. The highest BCUT2D eigenvalue weighted by molar-refractivity contribution is 5.49. The van der Waals surface area contributed by atoms with Gasteiger partial charge in [0, 0.05) is 18.3 Å². The van der Waals surface area contributed by atoms with Crippen LogP contribution in [0, 0.1) is 0 Å². The van der Waals surface area contributed by atoms with Gasteiger partial charge in [-0.25, -0.2) is 4.98 Å². The van der Waals surface area contributed by atoms with Gasteiger partial charge in [-0.2, -0.15) is 0 Å². The molecular formula is C13H20N2O2. The van der Waals surface area contributed by atoms with Crippen molar-refractivity contribution in [3.05, 3.63) is 23.9 Å². The summed E-state index contributed by atoms with van der Waals surface area (Å²) in [5.41, 5.74) is 0.883. The molecule has 1 saturated heterocycles. The van der Waals surface area contributed by atoms with Crippen molar-refractivity contribution in [3.63, 3.8) is 0 Å². The largest absolute Gasteiger partial charge is 0.389 e. The number of hydrogen-bond acceptors (Lipinski definition) is 4. The number of pyridine rings is 1. The molecule has 17 heavy (non-hydrogen) atoms. The molecule has 4 heteroatoms. The van der Waals surface area contributed by atoms with E-state index in [1.165, 1.54) is 0 Å². The molecule has 2 heterocycles. The summed E-state index contributed by atoms with van der Waals surface area (Å²) in [4.78, 5) is 6.64. The van der Waals surface area contributed by atoms with Gasteiger partial charge in [0.05, 0.1) is 24.9 Å². The molecule has 94 valence electrons. The molecule has 4 nitrogen and oxygen atoms in total. The van der Waals surface area contributed by atoms with Crippen LogP contribution in [0.25, 0.3) is 0 Å². The van der Waals surface area contributed by atoms with Crippen molar-refractivity contribution in [1.29, 1.82) is 0 Å². The molecule has 0 bridgehead atoms. The highest BCUT2D eigenvalue weighted by atomic mass is 16.5. The number of hydrogen-bond donors (Lipinski definition) is 1. The summed E-state index contributed by atoms with van der Waals surface area (Å²) in [7, 11) is 0. The third-order valence-corrected chi connectivity index (χ3v) is 3.15. The summed E-state index contributed by atoms with van der Waals surface area (Å²) in [6.07, 6.45) is 1.48. The summed E-state index contributed by atoms with van der Waals surface area (Å²) in [6, 6.07) is 4.08. The number of morpholine rings is 1. The first-order valence-corrected chi connectivity index (χ1v) is 6.10. The number of aromatic nitrogens is 1. The van der Waals surface area contributed by atoms with Crippen LogP contribution in [0.1, 0.15) is 32.4 Å². The number of ether oxygens (including phenoxy) is 1. The fourth-order valence-electron chi connectivity index (χ4n) is 2.17. The van der Waals surface area contributed by atoms with E-state index in [1.807, 2.05) is 12.1 Å². The topological polar surface area (TPSA) is 45.6 Å². The Morgan fingerprint density at radius 3 is 3.00 bits per heavy atom. The van der Waals surface area contributed by atoms with Crippen molar-refractivity contribution >= 4 is 5.82 Å². The third-order valence-electron chi connectivity index (χ3n) is 3.15. The maximum atomic E-state index is 9.79. The fourth-order valence-corrected chi connectivity index (χ4v) is 2.17. The van der Waals surface area contributed by atoms with Crippen LogP contribution in [-0.4, -0.2) is 35.4 Å². The molecule has 1 N–H and O–H groups in total. The number of rotatable bonds is 2. The van der Waals surface area contributed by atoms with Gasteiger partial charge in [0.15, 0.2) is 0 Å². The molecule has 0 saturated carbocycles. The second-order valence-corrected chi connectivity index (χ2v) is 4.74. The minimum atomic E-state index is -0.496. The average molecular weight is 236 g/mol. The molecule has 0 radical (unpaired) electrons. The van der Waals surface area contributed by atoms with E-state index in [4.69, 9.17) is 4.74 Å². The van der Waals surface area contributed by atoms with Gasteiger partial charge in [0.25, 0.3) is 0 Å². The third kappa shape index (κ3) is 2.58. The molecule has 2 rings (SSSR count). The minimum absolute atomic E-state index is 0.204. The van der Waals surface area contributed by atoms with Gasteiger partial charge in [-0.05, 0) is 26.8 Å². The van der Waals surface area contributed by atoms with Crippen molar-refractivity contribution in [3.8, 4) is 0 Å². The molecule has 3 unspecified atom stereocenters. The fraction of sp³-hybridized carbons (Fsp3) is 0.615. The van der Waals surface area contributed by atoms with E-state index in [1.54, 1.807) is 13.1 Å². The summed E-state index contributed by atoms with van der Waals surface area (Å²) < 4.78 is 5.61. The Labute approximate surface area is 102 Å². The van der Waals surface area contributed by atoms with Crippen molar-refractivity contribution in [1.82, 2.24) is 4.98 Å². The molecular weight excluding hydrogens is 216 g/mol. The predicted molar refractivity (Wildman–Crippen MR) is 67.1 cm³/mol. The molecule has 1 aromatic heterocycles. The van der Waals surface area contributed by atoms with Crippen molar-refractivity contribution < 1.29 is 9.84 Å². The molecule has 0 aromatic carbocycles. The van der Waals surface area contributed by atoms with Crippen LogP contribution in [0.15, 0.2) is 18.3 Å². The maximum absolute atomic E-state index is 9.79. The summed E-state index contributed by atoms with van der Waals surface area (Å²) in [5.74, 6) is 0.880. The Kier molecular flexibility index (Phi) is 3.64. The Morgan fingerprint density at radius 1 is 1.53 bits per heavy atom. The summed E-state index contributed by atoms with van der Waals surface area (Å²) in [6.45, 7) is 7.47. The smallest absolute Gasteiger partial charge is 0.134 e. The first kappa shape index (κ1) is 12.3. The van der Waals surface area contributed by atoms with Crippen LogP contribution in [0.2, 0.25) is 0 Å². The van der Waals surface area contributed by atoms with Crippen molar-refractivity contribution in [2.24, 2.45) is 0 Å².